The number of aromatic nitrogens is 3. The molecule has 2 fully saturated rings. The van der Waals surface area contributed by atoms with E-state index in [1.54, 1.807) is 26.1 Å². The first-order valence-corrected chi connectivity index (χ1v) is 13.9. The molecule has 1 aromatic carbocycles. The number of hydrogen-bond donors (Lipinski definition) is 4. The Labute approximate surface area is 227 Å². The van der Waals surface area contributed by atoms with Gasteiger partial charge in [0.15, 0.2) is 11.5 Å². The highest BCUT2D eigenvalue weighted by Gasteiger charge is 2.41. The van der Waals surface area contributed by atoms with Gasteiger partial charge in [0.05, 0.1) is 23.0 Å². The van der Waals surface area contributed by atoms with Gasteiger partial charge in [-0.05, 0) is 94.5 Å². The molecule has 1 aliphatic heterocycles. The summed E-state index contributed by atoms with van der Waals surface area (Å²) in [5.41, 5.74) is 8.82. The third-order valence-corrected chi connectivity index (χ3v) is 8.56. The maximum atomic E-state index is 13.5. The summed E-state index contributed by atoms with van der Waals surface area (Å²) in [5.74, 6) is 0.256. The van der Waals surface area contributed by atoms with Crippen LogP contribution in [0.2, 0.25) is 0 Å². The second-order valence-electron chi connectivity index (χ2n) is 11.9. The lowest BCUT2D eigenvalue weighted by Crippen LogP contribution is -2.38. The van der Waals surface area contributed by atoms with E-state index in [-0.39, 0.29) is 41.4 Å². The molecule has 0 radical (unpaired) electrons. The van der Waals surface area contributed by atoms with Crippen molar-refractivity contribution in [2.24, 2.45) is 5.92 Å². The van der Waals surface area contributed by atoms with Crippen molar-refractivity contribution >= 4 is 23.3 Å². The Balaban J connectivity index is 1.37. The summed E-state index contributed by atoms with van der Waals surface area (Å²) >= 11 is 0. The van der Waals surface area contributed by atoms with Crippen molar-refractivity contribution in [2.75, 3.05) is 5.73 Å². The van der Waals surface area contributed by atoms with Crippen molar-refractivity contribution in [3.8, 4) is 11.3 Å². The predicted octanol–water partition coefficient (Wildman–Crippen LogP) is 2.99. The van der Waals surface area contributed by atoms with Gasteiger partial charge in [0.2, 0.25) is 0 Å². The molecule has 1 unspecified atom stereocenters. The van der Waals surface area contributed by atoms with E-state index in [4.69, 9.17) is 10.7 Å². The molecule has 3 aliphatic rings. The Morgan fingerprint density at radius 2 is 1.90 bits per heavy atom. The average molecular weight is 533 g/mol. The van der Waals surface area contributed by atoms with Crippen LogP contribution in [0.25, 0.3) is 16.9 Å². The first-order valence-electron chi connectivity index (χ1n) is 13.9. The molecule has 2 saturated carbocycles. The molecule has 2 aromatic heterocycles. The summed E-state index contributed by atoms with van der Waals surface area (Å²) < 4.78 is 1.49. The monoisotopic (exact) mass is 532 g/mol. The maximum absolute atomic E-state index is 13.5. The topological polar surface area (TPSA) is 146 Å². The minimum atomic E-state index is -1.24. The fourth-order valence-corrected chi connectivity index (χ4v) is 6.07. The van der Waals surface area contributed by atoms with E-state index >= 15 is 0 Å². The van der Waals surface area contributed by atoms with Gasteiger partial charge in [0.1, 0.15) is 5.56 Å². The number of amides is 2. The number of aliphatic hydroxyl groups excluding tert-OH is 1. The van der Waals surface area contributed by atoms with E-state index < -0.39 is 5.60 Å². The molecule has 0 spiro atoms. The van der Waals surface area contributed by atoms with Gasteiger partial charge in [-0.3, -0.25) is 9.59 Å². The molecule has 5 N–H and O–H groups in total. The highest BCUT2D eigenvalue weighted by atomic mass is 16.3. The molecule has 6 rings (SSSR count). The van der Waals surface area contributed by atoms with Gasteiger partial charge in [-0.2, -0.15) is 0 Å². The van der Waals surface area contributed by atoms with Gasteiger partial charge in [-0.25, -0.2) is 9.50 Å². The Bertz CT molecular complexity index is 1460. The first kappa shape index (κ1) is 25.8. The number of nitrogens with two attached hydrogens (primary N) is 1. The fourth-order valence-electron chi connectivity index (χ4n) is 6.07. The largest absolute Gasteiger partial charge is 0.393 e. The normalized spacial score (nSPS) is 22.3. The fraction of sp³-hybridized carbons (Fsp3) is 0.517. The van der Waals surface area contributed by atoms with Crippen LogP contribution in [0.5, 0.6) is 0 Å². The van der Waals surface area contributed by atoms with Crippen molar-refractivity contribution in [2.45, 2.75) is 89.6 Å². The van der Waals surface area contributed by atoms with Crippen LogP contribution in [0.1, 0.15) is 91.1 Å². The van der Waals surface area contributed by atoms with Crippen molar-refractivity contribution in [3.05, 3.63) is 46.6 Å². The lowest BCUT2D eigenvalue weighted by Gasteiger charge is -2.26. The second-order valence-corrected chi connectivity index (χ2v) is 11.9. The Morgan fingerprint density at radius 1 is 1.18 bits per heavy atom. The Morgan fingerprint density at radius 3 is 2.56 bits per heavy atom. The lowest BCUT2D eigenvalue weighted by atomic mass is 9.88. The number of carbonyl (C=O) groups excluding carboxylic acids is 2. The van der Waals surface area contributed by atoms with Gasteiger partial charge in [0, 0.05) is 30.4 Å². The van der Waals surface area contributed by atoms with Crippen molar-refractivity contribution in [1.82, 2.24) is 24.8 Å². The quantitative estimate of drug-likeness (QED) is 0.382. The Hall–Kier alpha value is -3.50. The van der Waals surface area contributed by atoms with Crippen molar-refractivity contribution in [1.29, 1.82) is 0 Å². The average Bonchev–Trinajstić information content (AvgIpc) is 3.61. The number of benzene rings is 1. The van der Waals surface area contributed by atoms with E-state index in [0.717, 1.165) is 24.0 Å². The second kappa shape index (κ2) is 9.31. The molecular formula is C29H36N6O4. The van der Waals surface area contributed by atoms with Crippen molar-refractivity contribution in [3.63, 3.8) is 0 Å². The van der Waals surface area contributed by atoms with Gasteiger partial charge < -0.3 is 26.2 Å². The zero-order valence-electron chi connectivity index (χ0n) is 22.6. The minimum absolute atomic E-state index is 0.0331. The molecule has 2 aliphatic carbocycles. The van der Waals surface area contributed by atoms with Gasteiger partial charge in [-0.15, -0.1) is 5.10 Å². The number of anilines is 1. The van der Waals surface area contributed by atoms with Gasteiger partial charge >= 0.3 is 0 Å². The number of rotatable bonds is 6. The molecule has 206 valence electrons. The molecule has 10 nitrogen and oxygen atoms in total. The molecular weight excluding hydrogens is 496 g/mol. The number of nitrogens with zero attached hydrogens (tertiary/aromatic N) is 4. The summed E-state index contributed by atoms with van der Waals surface area (Å²) in [6.45, 7) is 5.98. The van der Waals surface area contributed by atoms with E-state index in [9.17, 15) is 19.8 Å². The number of fused-ring (bicyclic) bond motifs is 2. The van der Waals surface area contributed by atoms with Crippen LogP contribution in [0.4, 0.5) is 5.82 Å². The van der Waals surface area contributed by atoms with E-state index in [1.165, 1.54) is 4.52 Å². The number of aliphatic hydroxyl groups is 2. The zero-order valence-corrected chi connectivity index (χ0v) is 22.6. The smallest absolute Gasteiger partial charge is 0.259 e. The summed E-state index contributed by atoms with van der Waals surface area (Å²) in [4.78, 5) is 33.4. The van der Waals surface area contributed by atoms with E-state index in [0.29, 0.717) is 60.6 Å². The zero-order chi connectivity index (χ0) is 27.6. The van der Waals surface area contributed by atoms with Crippen LogP contribution in [0.15, 0.2) is 24.4 Å². The molecule has 3 aromatic rings. The number of nitrogens with one attached hydrogen (secondary N) is 1. The van der Waals surface area contributed by atoms with Crippen LogP contribution in [0, 0.1) is 5.92 Å². The summed E-state index contributed by atoms with van der Waals surface area (Å²) in [6, 6.07) is 5.70. The van der Waals surface area contributed by atoms with Crippen molar-refractivity contribution < 1.29 is 19.8 Å². The van der Waals surface area contributed by atoms with Crippen LogP contribution < -0.4 is 11.1 Å². The van der Waals surface area contributed by atoms with Gasteiger partial charge in [0.25, 0.3) is 11.8 Å². The minimum Gasteiger partial charge on any atom is -0.393 e. The van der Waals surface area contributed by atoms with Gasteiger partial charge in [-0.1, -0.05) is 0 Å². The predicted molar refractivity (Wildman–Crippen MR) is 146 cm³/mol. The molecule has 10 heteroatoms. The maximum Gasteiger partial charge on any atom is 0.259 e. The number of hydrogen-bond acceptors (Lipinski definition) is 7. The third-order valence-electron chi connectivity index (χ3n) is 8.56. The van der Waals surface area contributed by atoms with E-state index in [1.807, 2.05) is 17.0 Å². The van der Waals surface area contributed by atoms with Crippen LogP contribution in [0.3, 0.4) is 0 Å². The molecule has 1 atom stereocenters. The molecule has 0 bridgehead atoms. The van der Waals surface area contributed by atoms with Crippen LogP contribution in [-0.2, 0) is 12.1 Å². The summed E-state index contributed by atoms with van der Waals surface area (Å²) in [7, 11) is 0. The molecule has 39 heavy (non-hydrogen) atoms. The first-order chi connectivity index (χ1) is 18.5. The summed E-state index contributed by atoms with van der Waals surface area (Å²) in [6.07, 6.45) is 6.39. The molecule has 2 amide bonds. The SMILES string of the molecule is CC(C1CC1)N1Cc2cc(-c3ccn4nc(N)c(C(=O)NC5CCC(O)CC5)c4n3)cc(C(C)(C)O)c2C1=O. The highest BCUT2D eigenvalue weighted by Crippen LogP contribution is 2.41. The number of carbonyl (C=O) groups is 2. The van der Waals surface area contributed by atoms with Crippen LogP contribution >= 0.6 is 0 Å². The number of nitrogen functional groups attached to an aromatic ring is 1. The summed E-state index contributed by atoms with van der Waals surface area (Å²) in [5, 5.41) is 28.2. The molecule has 0 saturated heterocycles. The highest BCUT2D eigenvalue weighted by molar-refractivity contribution is 6.04. The molecule has 3 heterocycles. The van der Waals surface area contributed by atoms with Crippen LogP contribution in [-0.4, -0.2) is 59.7 Å². The Kier molecular flexibility index (Phi) is 6.15. The standard InChI is InChI=1S/C29H36N6O4/c1-15(16-4-5-16)34-14-18-12-17(13-21(29(2,3)39)23(18)28(34)38)22-10-11-35-26(32-22)24(25(30)33-35)27(37)31-19-6-8-20(36)9-7-19/h10-13,15-16,19-20,36,39H,4-9,14H2,1-3H3,(H2,30,33)(H,31,37). The van der Waals surface area contributed by atoms with E-state index in [2.05, 4.69) is 17.3 Å². The lowest BCUT2D eigenvalue weighted by molar-refractivity contribution is 0.0648. The third kappa shape index (κ3) is 4.65.